The lowest BCUT2D eigenvalue weighted by Gasteiger charge is -2.24. The number of nitrogens with one attached hydrogen (secondary N) is 2. The van der Waals surface area contributed by atoms with E-state index in [0.29, 0.717) is 27.5 Å². The van der Waals surface area contributed by atoms with Gasteiger partial charge in [0.15, 0.2) is 0 Å². The van der Waals surface area contributed by atoms with E-state index in [1.807, 2.05) is 13.8 Å². The van der Waals surface area contributed by atoms with Crippen molar-refractivity contribution in [1.29, 1.82) is 0 Å². The molecule has 1 unspecified atom stereocenters. The van der Waals surface area contributed by atoms with Crippen LogP contribution in [-0.4, -0.2) is 39.1 Å². The third-order valence-corrected chi connectivity index (χ3v) is 6.17. The highest BCUT2D eigenvalue weighted by atomic mass is 35.5. The summed E-state index contributed by atoms with van der Waals surface area (Å²) in [6.07, 6.45) is 1.79. The fourth-order valence-electron chi connectivity index (χ4n) is 2.76. The summed E-state index contributed by atoms with van der Waals surface area (Å²) in [5, 5.41) is 5.90. The van der Waals surface area contributed by atoms with Crippen LogP contribution < -0.4 is 14.9 Å². The van der Waals surface area contributed by atoms with Crippen molar-refractivity contribution in [2.24, 2.45) is 0 Å². The maximum atomic E-state index is 12.7. The minimum atomic E-state index is -3.76. The van der Waals surface area contributed by atoms with Gasteiger partial charge < -0.3 is 10.6 Å². The molecule has 162 valence electrons. The molecular formula is C21H26ClN3O4S. The zero-order chi connectivity index (χ0) is 22.5. The molecule has 2 N–H and O–H groups in total. The average Bonchev–Trinajstić information content (AvgIpc) is 2.68. The molecule has 30 heavy (non-hydrogen) atoms. The second kappa shape index (κ2) is 9.95. The molecule has 0 aliphatic carbocycles. The Morgan fingerprint density at radius 2 is 1.80 bits per heavy atom. The first-order valence-electron chi connectivity index (χ1n) is 9.47. The molecule has 2 aromatic carbocycles. The van der Waals surface area contributed by atoms with Gasteiger partial charge in [-0.1, -0.05) is 36.7 Å². The molecule has 9 heteroatoms. The molecule has 0 radical (unpaired) electrons. The number of halogens is 1. The highest BCUT2D eigenvalue weighted by Crippen LogP contribution is 2.28. The normalized spacial score (nSPS) is 12.2. The monoisotopic (exact) mass is 451 g/mol. The van der Waals surface area contributed by atoms with Crippen LogP contribution in [0.4, 0.5) is 11.4 Å². The molecule has 1 atom stereocenters. The van der Waals surface area contributed by atoms with Crippen molar-refractivity contribution >= 4 is 44.8 Å². The van der Waals surface area contributed by atoms with Gasteiger partial charge in [0, 0.05) is 11.1 Å². The first-order valence-corrected chi connectivity index (χ1v) is 11.7. The van der Waals surface area contributed by atoms with Gasteiger partial charge in [-0.25, -0.2) is 8.42 Å². The lowest BCUT2D eigenvalue weighted by molar-refractivity contribution is -0.114. The second-order valence-electron chi connectivity index (χ2n) is 7.03. The van der Waals surface area contributed by atoms with Gasteiger partial charge in [0.05, 0.1) is 23.2 Å². The summed E-state index contributed by atoms with van der Waals surface area (Å²) in [5.74, 6) is -0.894. The first kappa shape index (κ1) is 23.7. The van der Waals surface area contributed by atoms with E-state index in [4.69, 9.17) is 11.6 Å². The Hall–Kier alpha value is -2.58. The van der Waals surface area contributed by atoms with Crippen LogP contribution in [0.5, 0.6) is 0 Å². The van der Waals surface area contributed by atoms with E-state index in [0.717, 1.165) is 17.0 Å². The molecule has 0 aromatic heterocycles. The number of carbonyl (C=O) groups is 2. The van der Waals surface area contributed by atoms with E-state index in [1.54, 1.807) is 49.4 Å². The quantitative estimate of drug-likeness (QED) is 0.641. The van der Waals surface area contributed by atoms with Crippen LogP contribution in [0.15, 0.2) is 42.5 Å². The summed E-state index contributed by atoms with van der Waals surface area (Å²) >= 11 is 6.12. The van der Waals surface area contributed by atoms with Gasteiger partial charge in [-0.15, -0.1) is 0 Å². The maximum absolute atomic E-state index is 12.7. The van der Waals surface area contributed by atoms with Crippen molar-refractivity contribution in [2.75, 3.05) is 22.4 Å². The summed E-state index contributed by atoms with van der Waals surface area (Å²) in [6, 6.07) is 11.4. The number of para-hydroxylation sites is 1. The van der Waals surface area contributed by atoms with Crippen molar-refractivity contribution < 1.29 is 18.0 Å². The molecule has 2 amide bonds. The number of sulfonamides is 1. The zero-order valence-corrected chi connectivity index (χ0v) is 19.0. The average molecular weight is 452 g/mol. The van der Waals surface area contributed by atoms with Crippen molar-refractivity contribution in [3.05, 3.63) is 58.6 Å². The van der Waals surface area contributed by atoms with Crippen molar-refractivity contribution in [1.82, 2.24) is 5.32 Å². The predicted molar refractivity (Wildman–Crippen MR) is 121 cm³/mol. The molecule has 0 fully saturated rings. The van der Waals surface area contributed by atoms with Gasteiger partial charge in [-0.3, -0.25) is 13.9 Å². The van der Waals surface area contributed by atoms with Crippen LogP contribution in [0.3, 0.4) is 0 Å². The van der Waals surface area contributed by atoms with Gasteiger partial charge in [0.2, 0.25) is 15.9 Å². The number of benzene rings is 2. The Balaban J connectivity index is 2.27. The van der Waals surface area contributed by atoms with Crippen molar-refractivity contribution in [2.45, 2.75) is 33.2 Å². The summed E-state index contributed by atoms with van der Waals surface area (Å²) in [7, 11) is -3.76. The molecule has 0 saturated heterocycles. The summed E-state index contributed by atoms with van der Waals surface area (Å²) < 4.78 is 25.7. The number of nitrogens with zero attached hydrogens (tertiary/aromatic N) is 1. The maximum Gasteiger partial charge on any atom is 0.253 e. The van der Waals surface area contributed by atoms with Crippen LogP contribution in [0.25, 0.3) is 0 Å². The standard InChI is InChI=1S/C21H26ClN3O4S/c1-5-14(2)23-21(27)16-9-6-7-11-18(16)24-20(26)13-25(30(4,28)29)19-12-8-10-17(22)15(19)3/h6-12,14H,5,13H2,1-4H3,(H,23,27)(H,24,26). The molecule has 0 aliphatic heterocycles. The minimum absolute atomic E-state index is 0.0206. The summed E-state index contributed by atoms with van der Waals surface area (Å²) in [6.45, 7) is 5.07. The number of anilines is 2. The van der Waals surface area contributed by atoms with Crippen LogP contribution in [0.2, 0.25) is 5.02 Å². The molecule has 0 aliphatic rings. The Morgan fingerprint density at radius 3 is 2.43 bits per heavy atom. The molecule has 7 nitrogen and oxygen atoms in total. The van der Waals surface area contributed by atoms with Crippen LogP contribution >= 0.6 is 11.6 Å². The van der Waals surface area contributed by atoms with Crippen molar-refractivity contribution in [3.63, 3.8) is 0 Å². The molecule has 2 aromatic rings. The minimum Gasteiger partial charge on any atom is -0.350 e. The highest BCUT2D eigenvalue weighted by Gasteiger charge is 2.24. The van der Waals surface area contributed by atoms with Gasteiger partial charge in [-0.05, 0) is 50.1 Å². The van der Waals surface area contributed by atoms with Gasteiger partial charge in [0.1, 0.15) is 6.54 Å². The topological polar surface area (TPSA) is 95.6 Å². The third-order valence-electron chi connectivity index (χ3n) is 4.63. The van der Waals surface area contributed by atoms with Gasteiger partial charge in [-0.2, -0.15) is 0 Å². The second-order valence-corrected chi connectivity index (χ2v) is 9.34. The van der Waals surface area contributed by atoms with Crippen molar-refractivity contribution in [3.8, 4) is 0 Å². The SMILES string of the molecule is CCC(C)NC(=O)c1ccccc1NC(=O)CN(c1cccc(Cl)c1C)S(C)(=O)=O. The smallest absolute Gasteiger partial charge is 0.253 e. The molecule has 2 rings (SSSR count). The number of amides is 2. The highest BCUT2D eigenvalue weighted by molar-refractivity contribution is 7.92. The first-order chi connectivity index (χ1) is 14.0. The van der Waals surface area contributed by atoms with E-state index in [2.05, 4.69) is 10.6 Å². The number of rotatable bonds is 8. The largest absolute Gasteiger partial charge is 0.350 e. The fraction of sp³-hybridized carbons (Fsp3) is 0.333. The summed E-state index contributed by atoms with van der Waals surface area (Å²) in [4.78, 5) is 25.2. The summed E-state index contributed by atoms with van der Waals surface area (Å²) in [5.41, 5.74) is 1.48. The molecular weight excluding hydrogens is 426 g/mol. The van der Waals surface area contributed by atoms with E-state index in [-0.39, 0.29) is 11.9 Å². The zero-order valence-electron chi connectivity index (χ0n) is 17.4. The van der Waals surface area contributed by atoms with Crippen LogP contribution in [0, 0.1) is 6.92 Å². The van der Waals surface area contributed by atoms with E-state index < -0.39 is 22.5 Å². The van der Waals surface area contributed by atoms with E-state index in [9.17, 15) is 18.0 Å². The number of carbonyl (C=O) groups excluding carboxylic acids is 2. The number of hydrogen-bond acceptors (Lipinski definition) is 4. The van der Waals surface area contributed by atoms with E-state index in [1.165, 1.54) is 0 Å². The Bertz CT molecular complexity index is 1040. The molecule has 0 saturated carbocycles. The Morgan fingerprint density at radius 1 is 1.13 bits per heavy atom. The lowest BCUT2D eigenvalue weighted by atomic mass is 10.1. The Labute approximate surface area is 182 Å². The van der Waals surface area contributed by atoms with Crippen LogP contribution in [-0.2, 0) is 14.8 Å². The molecule has 0 bridgehead atoms. The third kappa shape index (κ3) is 5.96. The Kier molecular flexibility index (Phi) is 7.86. The van der Waals surface area contributed by atoms with Gasteiger partial charge in [0.25, 0.3) is 5.91 Å². The fourth-order valence-corrected chi connectivity index (χ4v) is 3.84. The lowest BCUT2D eigenvalue weighted by Crippen LogP contribution is -2.38. The molecule has 0 heterocycles. The van der Waals surface area contributed by atoms with E-state index >= 15 is 0 Å². The molecule has 0 spiro atoms. The van der Waals surface area contributed by atoms with Gasteiger partial charge >= 0.3 is 0 Å². The predicted octanol–water partition coefficient (Wildman–Crippen LogP) is 3.58. The number of hydrogen-bond donors (Lipinski definition) is 2. The van der Waals surface area contributed by atoms with Crippen LogP contribution in [0.1, 0.15) is 36.2 Å².